The standard InChI is InChI=1S/C34H36N2O6/c1-23-7-5-9-27(17-23)40-25-15-13-24(14-16-25)34-31(37)19-35-20-33(34)39-22-29-21-36(30-11-3-4-12-32(30)41-29)42-28-10-6-8-26(18-28)38-2/h3-18,29,31,33-35,37H,19-22H2,1-2H3. The monoisotopic (exact) mass is 568 g/mol. The number of β-amino-alcohol motifs (C(OH)–C–C–N with tert-alkyl or cyclic N) is 1. The second-order valence-electron chi connectivity index (χ2n) is 10.6. The number of hydrogen-bond acceptors (Lipinski definition) is 8. The van der Waals surface area contributed by atoms with Gasteiger partial charge in [0, 0.05) is 25.1 Å². The van der Waals surface area contributed by atoms with Gasteiger partial charge >= 0.3 is 0 Å². The minimum Gasteiger partial charge on any atom is -0.497 e. The van der Waals surface area contributed by atoms with E-state index in [1.165, 1.54) is 0 Å². The van der Waals surface area contributed by atoms with Crippen LogP contribution in [0.25, 0.3) is 0 Å². The summed E-state index contributed by atoms with van der Waals surface area (Å²) in [4.78, 5) is 6.27. The molecule has 8 heteroatoms. The van der Waals surface area contributed by atoms with Crippen LogP contribution in [0, 0.1) is 6.92 Å². The van der Waals surface area contributed by atoms with Crippen molar-refractivity contribution in [2.24, 2.45) is 0 Å². The number of para-hydroxylation sites is 2. The van der Waals surface area contributed by atoms with E-state index >= 15 is 0 Å². The molecule has 0 aromatic heterocycles. The smallest absolute Gasteiger partial charge is 0.159 e. The second kappa shape index (κ2) is 12.7. The second-order valence-corrected chi connectivity index (χ2v) is 10.6. The van der Waals surface area contributed by atoms with Crippen LogP contribution in [-0.2, 0) is 4.74 Å². The van der Waals surface area contributed by atoms with Crippen LogP contribution in [0.4, 0.5) is 5.69 Å². The molecule has 4 aromatic rings. The van der Waals surface area contributed by atoms with E-state index in [2.05, 4.69) is 5.32 Å². The number of fused-ring (bicyclic) bond motifs is 1. The van der Waals surface area contributed by atoms with Crippen molar-refractivity contribution >= 4 is 5.69 Å². The summed E-state index contributed by atoms with van der Waals surface area (Å²) in [5, 5.41) is 16.1. The van der Waals surface area contributed by atoms with Crippen molar-refractivity contribution in [2.75, 3.05) is 38.4 Å². The molecule has 4 unspecified atom stereocenters. The Morgan fingerprint density at radius 1 is 0.857 bits per heavy atom. The Morgan fingerprint density at radius 3 is 2.48 bits per heavy atom. The Hall–Kier alpha value is -4.24. The first-order valence-corrected chi connectivity index (χ1v) is 14.3. The van der Waals surface area contributed by atoms with E-state index in [-0.39, 0.29) is 18.1 Å². The van der Waals surface area contributed by atoms with Gasteiger partial charge in [-0.15, -0.1) is 0 Å². The molecule has 2 heterocycles. The summed E-state index contributed by atoms with van der Waals surface area (Å²) >= 11 is 0. The highest BCUT2D eigenvalue weighted by molar-refractivity contribution is 5.59. The van der Waals surface area contributed by atoms with Crippen molar-refractivity contribution in [3.05, 3.63) is 108 Å². The van der Waals surface area contributed by atoms with Crippen molar-refractivity contribution in [2.45, 2.75) is 31.2 Å². The van der Waals surface area contributed by atoms with E-state index in [0.717, 1.165) is 39.8 Å². The molecule has 8 nitrogen and oxygen atoms in total. The highest BCUT2D eigenvalue weighted by Gasteiger charge is 2.36. The van der Waals surface area contributed by atoms with Crippen molar-refractivity contribution < 1.29 is 28.9 Å². The number of nitrogens with zero attached hydrogens (tertiary/aromatic N) is 1. The molecule has 6 rings (SSSR count). The van der Waals surface area contributed by atoms with Crippen molar-refractivity contribution in [3.8, 4) is 28.7 Å². The summed E-state index contributed by atoms with van der Waals surface area (Å²) in [6.07, 6.45) is -1.12. The maximum absolute atomic E-state index is 11.0. The number of hydrogen-bond donors (Lipinski definition) is 2. The van der Waals surface area contributed by atoms with Gasteiger partial charge in [0.15, 0.2) is 5.75 Å². The quantitative estimate of drug-likeness (QED) is 0.274. The van der Waals surface area contributed by atoms with Crippen LogP contribution in [-0.4, -0.2) is 56.8 Å². The van der Waals surface area contributed by atoms with Gasteiger partial charge in [-0.05, 0) is 66.6 Å². The van der Waals surface area contributed by atoms with E-state index < -0.39 is 6.10 Å². The highest BCUT2D eigenvalue weighted by Crippen LogP contribution is 2.36. The van der Waals surface area contributed by atoms with Gasteiger partial charge in [0.25, 0.3) is 0 Å². The van der Waals surface area contributed by atoms with E-state index in [0.29, 0.717) is 32.0 Å². The first-order chi connectivity index (χ1) is 20.6. The van der Waals surface area contributed by atoms with Gasteiger partial charge in [-0.1, -0.05) is 42.5 Å². The maximum atomic E-state index is 11.0. The average molecular weight is 569 g/mol. The molecule has 0 saturated carbocycles. The van der Waals surface area contributed by atoms with E-state index in [1.807, 2.05) is 109 Å². The summed E-state index contributed by atoms with van der Waals surface area (Å²) in [6, 6.07) is 31.2. The molecule has 0 amide bonds. The first-order valence-electron chi connectivity index (χ1n) is 14.3. The number of nitrogens with one attached hydrogen (secondary N) is 1. The number of ether oxygens (including phenoxy) is 4. The van der Waals surface area contributed by atoms with Crippen molar-refractivity contribution in [1.82, 2.24) is 5.32 Å². The molecule has 1 fully saturated rings. The molecule has 1 saturated heterocycles. The van der Waals surface area contributed by atoms with Gasteiger partial charge in [-0.3, -0.25) is 0 Å². The molecule has 2 aliphatic heterocycles. The molecular weight excluding hydrogens is 532 g/mol. The van der Waals surface area contributed by atoms with Crippen LogP contribution < -0.4 is 29.4 Å². The summed E-state index contributed by atoms with van der Waals surface area (Å²) in [7, 11) is 1.63. The molecule has 2 N–H and O–H groups in total. The van der Waals surface area contributed by atoms with Crippen molar-refractivity contribution in [1.29, 1.82) is 0 Å². The van der Waals surface area contributed by atoms with E-state index in [1.54, 1.807) is 7.11 Å². The largest absolute Gasteiger partial charge is 0.497 e. The number of anilines is 1. The molecule has 0 aliphatic carbocycles. The maximum Gasteiger partial charge on any atom is 0.159 e. The normalized spacial score (nSPS) is 21.6. The molecule has 2 aliphatic rings. The number of methoxy groups -OCH3 is 1. The van der Waals surface area contributed by atoms with Crippen LogP contribution in [0.3, 0.4) is 0 Å². The third-order valence-electron chi connectivity index (χ3n) is 7.55. The number of hydroxylamine groups is 1. The summed E-state index contributed by atoms with van der Waals surface area (Å²) < 4.78 is 24.2. The number of aryl methyl sites for hydroxylation is 1. The zero-order chi connectivity index (χ0) is 28.9. The first kappa shape index (κ1) is 27.9. The van der Waals surface area contributed by atoms with Crippen LogP contribution in [0.15, 0.2) is 97.1 Å². The third-order valence-corrected chi connectivity index (χ3v) is 7.55. The Kier molecular flexibility index (Phi) is 8.46. The Labute approximate surface area is 246 Å². The van der Waals surface area contributed by atoms with Crippen LogP contribution in [0.5, 0.6) is 28.7 Å². The topological polar surface area (TPSA) is 81.7 Å². The molecule has 218 valence electrons. The predicted molar refractivity (Wildman–Crippen MR) is 161 cm³/mol. The number of aliphatic hydroxyl groups is 1. The molecule has 0 spiro atoms. The molecule has 4 atom stereocenters. The summed E-state index contributed by atoms with van der Waals surface area (Å²) in [5.41, 5.74) is 2.99. The van der Waals surface area contributed by atoms with E-state index in [4.69, 9.17) is 23.8 Å². The minimum absolute atomic E-state index is 0.195. The Bertz CT molecular complexity index is 1480. The lowest BCUT2D eigenvalue weighted by atomic mass is 9.85. The number of rotatable bonds is 9. The average Bonchev–Trinajstić information content (AvgIpc) is 3.01. The lowest BCUT2D eigenvalue weighted by Crippen LogP contribution is -2.51. The molecule has 4 aromatic carbocycles. The van der Waals surface area contributed by atoms with Crippen LogP contribution in [0.2, 0.25) is 0 Å². The fourth-order valence-corrected chi connectivity index (χ4v) is 5.50. The zero-order valence-corrected chi connectivity index (χ0v) is 23.8. The Balaban J connectivity index is 1.13. The van der Waals surface area contributed by atoms with Crippen molar-refractivity contribution in [3.63, 3.8) is 0 Å². The Morgan fingerprint density at radius 2 is 1.64 bits per heavy atom. The lowest BCUT2D eigenvalue weighted by molar-refractivity contribution is -0.0526. The van der Waals surface area contributed by atoms with Gasteiger partial charge in [0.2, 0.25) is 0 Å². The van der Waals surface area contributed by atoms with E-state index in [9.17, 15) is 5.11 Å². The van der Waals surface area contributed by atoms with Gasteiger partial charge in [0.1, 0.15) is 34.8 Å². The molecule has 0 radical (unpaired) electrons. The molecule has 42 heavy (non-hydrogen) atoms. The molecule has 0 bridgehead atoms. The predicted octanol–water partition coefficient (Wildman–Crippen LogP) is 5.49. The van der Waals surface area contributed by atoms with Gasteiger partial charge in [-0.2, -0.15) is 0 Å². The minimum atomic E-state index is -0.590. The number of piperidine rings is 1. The van der Waals surface area contributed by atoms with Crippen LogP contribution >= 0.6 is 0 Å². The lowest BCUT2D eigenvalue weighted by Gasteiger charge is -2.39. The number of aliphatic hydroxyl groups excluding tert-OH is 1. The van der Waals surface area contributed by atoms with Gasteiger partial charge in [0.05, 0.1) is 32.5 Å². The van der Waals surface area contributed by atoms with Gasteiger partial charge in [-0.25, -0.2) is 5.06 Å². The zero-order valence-electron chi connectivity index (χ0n) is 23.8. The number of benzene rings is 4. The fourth-order valence-electron chi connectivity index (χ4n) is 5.50. The highest BCUT2D eigenvalue weighted by atomic mass is 16.7. The fraction of sp³-hybridized carbons (Fsp3) is 0.294. The summed E-state index contributed by atoms with van der Waals surface area (Å²) in [6.45, 7) is 3.96. The molecular formula is C34H36N2O6. The van der Waals surface area contributed by atoms with Crippen LogP contribution in [0.1, 0.15) is 17.0 Å². The SMILES string of the molecule is COc1cccc(ON2CC(COC3CNCC(O)C3c3ccc(Oc4cccc(C)c4)cc3)Oc3ccccc32)c1. The summed E-state index contributed by atoms with van der Waals surface area (Å²) in [5.74, 6) is 3.46. The third kappa shape index (κ3) is 6.46. The van der Waals surface area contributed by atoms with Gasteiger partial charge < -0.3 is 34.2 Å².